The Morgan fingerprint density at radius 1 is 1.00 bits per heavy atom. The van der Waals surface area contributed by atoms with Gasteiger partial charge in [-0.25, -0.2) is 0 Å². The highest BCUT2D eigenvalue weighted by atomic mass is 35.5. The molecule has 1 amide bonds. The molecule has 0 aliphatic carbocycles. The van der Waals surface area contributed by atoms with Gasteiger partial charge in [0.2, 0.25) is 5.75 Å². The molecule has 4 aromatic rings. The lowest BCUT2D eigenvalue weighted by atomic mass is 9.95. The molecule has 2 N–H and O–H groups in total. The first-order valence-corrected chi connectivity index (χ1v) is 11.6. The van der Waals surface area contributed by atoms with E-state index in [1.165, 1.54) is 13.2 Å². The summed E-state index contributed by atoms with van der Waals surface area (Å²) in [6.07, 6.45) is 0. The van der Waals surface area contributed by atoms with E-state index in [9.17, 15) is 9.90 Å². The maximum Gasteiger partial charge on any atom is 0.273 e. The van der Waals surface area contributed by atoms with Crippen LogP contribution in [0, 0.1) is 0 Å². The molecule has 0 saturated heterocycles. The fourth-order valence-corrected chi connectivity index (χ4v) is 4.82. The number of rotatable bonds is 7. The Hall–Kier alpha value is -4.17. The zero-order valence-electron chi connectivity index (χ0n) is 19.9. The summed E-state index contributed by atoms with van der Waals surface area (Å²) in [6.45, 7) is 0.352. The normalized spacial score (nSPS) is 14.6. The number of methoxy groups -OCH3 is 3. The molecule has 1 atom stereocenters. The lowest BCUT2D eigenvalue weighted by Gasteiger charge is -2.27. The first kappa shape index (κ1) is 23.6. The minimum Gasteiger partial charge on any atom is -0.507 e. The summed E-state index contributed by atoms with van der Waals surface area (Å²) in [5.74, 6) is 1.16. The van der Waals surface area contributed by atoms with Crippen molar-refractivity contribution in [3.05, 3.63) is 88.1 Å². The number of nitrogens with zero attached hydrogens (tertiary/aromatic N) is 2. The van der Waals surface area contributed by atoms with E-state index in [0.29, 0.717) is 51.3 Å². The highest BCUT2D eigenvalue weighted by Crippen LogP contribution is 2.48. The number of halogens is 1. The topological polar surface area (TPSA) is 96.9 Å². The van der Waals surface area contributed by atoms with Gasteiger partial charge in [-0.15, -0.1) is 0 Å². The van der Waals surface area contributed by atoms with Crippen LogP contribution in [0.5, 0.6) is 23.0 Å². The monoisotopic (exact) mass is 505 g/mol. The standard InChI is InChI=1S/C27H24ClN3O5/c1-34-20-11-16(12-21(35-2)26(20)36-3)25-22-23(18-13-17(28)9-10-19(18)32)29-30-24(22)27(33)31(25)14-15-7-5-4-6-8-15/h4-13,25,32H,14H2,1-3H3,(H,29,30). The van der Waals surface area contributed by atoms with Gasteiger partial charge < -0.3 is 24.2 Å². The highest BCUT2D eigenvalue weighted by molar-refractivity contribution is 6.31. The summed E-state index contributed by atoms with van der Waals surface area (Å²) >= 11 is 6.24. The Morgan fingerprint density at radius 3 is 2.33 bits per heavy atom. The van der Waals surface area contributed by atoms with Crippen molar-refractivity contribution >= 4 is 17.5 Å². The summed E-state index contributed by atoms with van der Waals surface area (Å²) in [5.41, 5.74) is 3.53. The SMILES string of the molecule is COc1cc(C2c3c(-c4cc(Cl)ccc4O)n[nH]c3C(=O)N2Cc2ccccc2)cc(OC)c1OC. The number of benzene rings is 3. The molecule has 5 rings (SSSR count). The second kappa shape index (κ2) is 9.47. The van der Waals surface area contributed by atoms with Crippen LogP contribution in [0.2, 0.25) is 5.02 Å². The predicted molar refractivity (Wildman–Crippen MR) is 135 cm³/mol. The number of carbonyl (C=O) groups excluding carboxylic acids is 1. The van der Waals surface area contributed by atoms with Gasteiger partial charge in [-0.1, -0.05) is 41.9 Å². The molecule has 36 heavy (non-hydrogen) atoms. The number of phenolic OH excluding ortho intramolecular Hbond substituents is 1. The van der Waals surface area contributed by atoms with Crippen LogP contribution < -0.4 is 14.2 Å². The molecule has 1 aliphatic heterocycles. The van der Waals surface area contributed by atoms with Crippen LogP contribution >= 0.6 is 11.6 Å². The third-order valence-electron chi connectivity index (χ3n) is 6.28. The maximum atomic E-state index is 13.7. The minimum absolute atomic E-state index is 0.00583. The van der Waals surface area contributed by atoms with Gasteiger partial charge in [0.1, 0.15) is 17.1 Å². The van der Waals surface area contributed by atoms with Crippen LogP contribution in [-0.2, 0) is 6.54 Å². The zero-order chi connectivity index (χ0) is 25.4. The molecule has 0 radical (unpaired) electrons. The number of H-pyrrole nitrogens is 1. The molecule has 0 saturated carbocycles. The van der Waals surface area contributed by atoms with Crippen LogP contribution in [-0.4, -0.2) is 47.4 Å². The van der Waals surface area contributed by atoms with Crippen LogP contribution in [0.4, 0.5) is 0 Å². The van der Waals surface area contributed by atoms with Crippen molar-refractivity contribution in [3.8, 4) is 34.3 Å². The number of nitrogens with one attached hydrogen (secondary N) is 1. The Balaban J connectivity index is 1.73. The molecule has 184 valence electrons. The first-order valence-electron chi connectivity index (χ1n) is 11.2. The summed E-state index contributed by atoms with van der Waals surface area (Å²) in [6, 6.07) is 17.5. The molecule has 0 fully saturated rings. The van der Waals surface area contributed by atoms with Crippen LogP contribution in [0.1, 0.15) is 33.2 Å². The molecule has 0 spiro atoms. The number of phenols is 1. The predicted octanol–water partition coefficient (Wildman–Crippen LogP) is 5.21. The lowest BCUT2D eigenvalue weighted by molar-refractivity contribution is 0.0729. The molecule has 1 unspecified atom stereocenters. The van der Waals surface area contributed by atoms with E-state index < -0.39 is 6.04 Å². The minimum atomic E-state index is -0.562. The number of aromatic amines is 1. The largest absolute Gasteiger partial charge is 0.507 e. The first-order chi connectivity index (χ1) is 17.5. The van der Waals surface area contributed by atoms with Crippen molar-refractivity contribution in [3.63, 3.8) is 0 Å². The number of carbonyl (C=O) groups is 1. The number of aromatic hydroxyl groups is 1. The van der Waals surface area contributed by atoms with Gasteiger partial charge in [0.05, 0.1) is 27.4 Å². The summed E-state index contributed by atoms with van der Waals surface area (Å²) in [5, 5.41) is 18.4. The molecule has 2 heterocycles. The number of hydrogen-bond acceptors (Lipinski definition) is 6. The molecular formula is C27H24ClN3O5. The molecule has 1 aliphatic rings. The Morgan fingerprint density at radius 2 is 1.69 bits per heavy atom. The van der Waals surface area contributed by atoms with E-state index in [1.54, 1.807) is 31.3 Å². The Labute approximate surface area is 213 Å². The second-order valence-corrected chi connectivity index (χ2v) is 8.74. The lowest BCUT2D eigenvalue weighted by Crippen LogP contribution is -2.29. The third-order valence-corrected chi connectivity index (χ3v) is 6.51. The quantitative estimate of drug-likeness (QED) is 0.358. The number of fused-ring (bicyclic) bond motifs is 1. The van der Waals surface area contributed by atoms with Crippen LogP contribution in [0.25, 0.3) is 11.3 Å². The van der Waals surface area contributed by atoms with Gasteiger partial charge in [0, 0.05) is 22.7 Å². The van der Waals surface area contributed by atoms with Crippen LogP contribution in [0.3, 0.4) is 0 Å². The fraction of sp³-hybridized carbons (Fsp3) is 0.185. The third kappa shape index (κ3) is 3.89. The van der Waals surface area contributed by atoms with E-state index in [1.807, 2.05) is 42.5 Å². The van der Waals surface area contributed by atoms with Gasteiger partial charge in [-0.2, -0.15) is 5.10 Å². The second-order valence-electron chi connectivity index (χ2n) is 8.30. The Bertz CT molecular complexity index is 1410. The van der Waals surface area contributed by atoms with Gasteiger partial charge in [0.25, 0.3) is 5.91 Å². The maximum absolute atomic E-state index is 13.7. The van der Waals surface area contributed by atoms with Gasteiger partial charge in [0.15, 0.2) is 11.5 Å². The molecule has 1 aromatic heterocycles. The average molecular weight is 506 g/mol. The fourth-order valence-electron chi connectivity index (χ4n) is 4.65. The van der Waals surface area contributed by atoms with E-state index in [0.717, 1.165) is 11.1 Å². The van der Waals surface area contributed by atoms with Gasteiger partial charge >= 0.3 is 0 Å². The van der Waals surface area contributed by atoms with Crippen molar-refractivity contribution in [2.75, 3.05) is 21.3 Å². The summed E-state index contributed by atoms with van der Waals surface area (Å²) in [7, 11) is 4.62. The number of ether oxygens (including phenoxy) is 3. The van der Waals surface area contributed by atoms with E-state index in [2.05, 4.69) is 10.2 Å². The number of amides is 1. The molecule has 8 nitrogen and oxygen atoms in total. The van der Waals surface area contributed by atoms with E-state index >= 15 is 0 Å². The zero-order valence-corrected chi connectivity index (χ0v) is 20.7. The summed E-state index contributed by atoms with van der Waals surface area (Å²) in [4.78, 5) is 15.4. The Kier molecular flexibility index (Phi) is 6.20. The number of aromatic nitrogens is 2. The van der Waals surface area contributed by atoms with Crippen molar-refractivity contribution in [1.29, 1.82) is 0 Å². The van der Waals surface area contributed by atoms with Gasteiger partial charge in [-0.05, 0) is 41.5 Å². The summed E-state index contributed by atoms with van der Waals surface area (Å²) < 4.78 is 16.7. The van der Waals surface area contributed by atoms with Crippen molar-refractivity contribution in [2.24, 2.45) is 0 Å². The number of hydrogen-bond donors (Lipinski definition) is 2. The highest BCUT2D eigenvalue weighted by Gasteiger charge is 2.43. The van der Waals surface area contributed by atoms with Crippen molar-refractivity contribution < 1.29 is 24.1 Å². The molecule has 0 bridgehead atoms. The molecular weight excluding hydrogens is 482 g/mol. The van der Waals surface area contributed by atoms with Crippen LogP contribution in [0.15, 0.2) is 60.7 Å². The van der Waals surface area contributed by atoms with Gasteiger partial charge in [-0.3, -0.25) is 9.89 Å². The average Bonchev–Trinajstić information content (AvgIpc) is 3.44. The van der Waals surface area contributed by atoms with Crippen molar-refractivity contribution in [1.82, 2.24) is 15.1 Å². The molecule has 3 aromatic carbocycles. The van der Waals surface area contributed by atoms with E-state index in [4.69, 9.17) is 25.8 Å². The van der Waals surface area contributed by atoms with Crippen molar-refractivity contribution in [2.45, 2.75) is 12.6 Å². The molecule has 9 heteroatoms. The smallest absolute Gasteiger partial charge is 0.273 e. The van der Waals surface area contributed by atoms with E-state index in [-0.39, 0.29) is 11.7 Å².